The van der Waals surface area contributed by atoms with Crippen LogP contribution in [0.2, 0.25) is 19.1 Å². The van der Waals surface area contributed by atoms with E-state index in [1.54, 1.807) is 0 Å². The van der Waals surface area contributed by atoms with Crippen LogP contribution < -0.4 is 4.57 Å². The summed E-state index contributed by atoms with van der Waals surface area (Å²) in [5.74, 6) is 0. The van der Waals surface area contributed by atoms with E-state index < -0.39 is 8.24 Å². The van der Waals surface area contributed by atoms with Crippen LogP contribution in [0.1, 0.15) is 6.42 Å². The normalized spacial score (nSPS) is 21.0. The van der Waals surface area contributed by atoms with Crippen LogP contribution in [0.3, 0.4) is 0 Å². The molecule has 1 aliphatic heterocycles. The second kappa shape index (κ2) is 2.87. The molecule has 0 unspecified atom stereocenters. The molecule has 1 aromatic rings. The number of hydrogen-bond donors (Lipinski definition) is 0. The van der Waals surface area contributed by atoms with E-state index in [0.29, 0.717) is 0 Å². The summed E-state index contributed by atoms with van der Waals surface area (Å²) in [4.78, 5) is 0. The SMILES string of the molecule is Cn1cc(N2CCC[Si]2(C)C)cn1. The third-order valence-electron chi connectivity index (χ3n) is 2.90. The van der Waals surface area contributed by atoms with E-state index in [4.69, 9.17) is 0 Å². The minimum Gasteiger partial charge on any atom is -0.395 e. The van der Waals surface area contributed by atoms with Crippen LogP contribution >= 0.6 is 0 Å². The lowest BCUT2D eigenvalue weighted by atomic mass is 10.4. The first kappa shape index (κ1) is 8.81. The third kappa shape index (κ3) is 1.50. The van der Waals surface area contributed by atoms with E-state index in [0.717, 1.165) is 0 Å². The summed E-state index contributed by atoms with van der Waals surface area (Å²) < 4.78 is 4.47. The molecule has 1 aromatic heterocycles. The summed E-state index contributed by atoms with van der Waals surface area (Å²) in [7, 11) is 0.863. The Morgan fingerprint density at radius 3 is 2.69 bits per heavy atom. The summed E-state index contributed by atoms with van der Waals surface area (Å²) in [5.41, 5.74) is 1.32. The van der Waals surface area contributed by atoms with Crippen LogP contribution in [0.25, 0.3) is 0 Å². The minimum atomic E-state index is -1.12. The van der Waals surface area contributed by atoms with Gasteiger partial charge in [0.15, 0.2) is 8.24 Å². The average molecular weight is 195 g/mol. The predicted octanol–water partition coefficient (Wildman–Crippen LogP) is 1.84. The Morgan fingerprint density at radius 1 is 1.46 bits per heavy atom. The highest BCUT2D eigenvalue weighted by atomic mass is 28.3. The van der Waals surface area contributed by atoms with Gasteiger partial charge in [0, 0.05) is 19.8 Å². The molecular weight excluding hydrogens is 178 g/mol. The van der Waals surface area contributed by atoms with E-state index >= 15 is 0 Å². The van der Waals surface area contributed by atoms with Gasteiger partial charge in [-0.1, -0.05) is 13.1 Å². The molecule has 0 aromatic carbocycles. The highest BCUT2D eigenvalue weighted by Crippen LogP contribution is 2.30. The van der Waals surface area contributed by atoms with Crippen molar-refractivity contribution in [1.82, 2.24) is 9.78 Å². The molecule has 0 N–H and O–H groups in total. The molecule has 0 spiro atoms. The second-order valence-electron chi connectivity index (χ2n) is 4.44. The van der Waals surface area contributed by atoms with E-state index in [9.17, 15) is 0 Å². The topological polar surface area (TPSA) is 21.1 Å². The highest BCUT2D eigenvalue weighted by Gasteiger charge is 2.34. The molecule has 1 aliphatic rings. The van der Waals surface area contributed by atoms with Crippen molar-refractivity contribution >= 4 is 13.9 Å². The molecule has 72 valence electrons. The number of rotatable bonds is 1. The molecule has 0 radical (unpaired) electrons. The highest BCUT2D eigenvalue weighted by molar-refractivity contribution is 6.81. The molecule has 0 atom stereocenters. The molecule has 3 nitrogen and oxygen atoms in total. The lowest BCUT2D eigenvalue weighted by molar-refractivity contribution is 0.767. The molecule has 0 saturated carbocycles. The summed E-state index contributed by atoms with van der Waals surface area (Å²) in [6.45, 7) is 6.10. The van der Waals surface area contributed by atoms with Gasteiger partial charge in [0.2, 0.25) is 0 Å². The van der Waals surface area contributed by atoms with Crippen LogP contribution in [0.5, 0.6) is 0 Å². The molecule has 1 saturated heterocycles. The zero-order chi connectivity index (χ0) is 9.47. The van der Waals surface area contributed by atoms with Crippen LogP contribution in [0.15, 0.2) is 12.4 Å². The van der Waals surface area contributed by atoms with Crippen molar-refractivity contribution in [2.75, 3.05) is 11.1 Å². The molecule has 0 amide bonds. The Balaban J connectivity index is 2.26. The Morgan fingerprint density at radius 2 is 2.23 bits per heavy atom. The van der Waals surface area contributed by atoms with Gasteiger partial charge in [0.1, 0.15) is 0 Å². The first-order chi connectivity index (χ1) is 6.09. The summed E-state index contributed by atoms with van der Waals surface area (Å²) in [6, 6.07) is 1.42. The maximum Gasteiger partial charge on any atom is 0.150 e. The molecular formula is C9H17N3Si. The fourth-order valence-electron chi connectivity index (χ4n) is 2.13. The third-order valence-corrected chi connectivity index (χ3v) is 6.42. The van der Waals surface area contributed by atoms with Crippen LogP contribution in [-0.2, 0) is 7.05 Å². The van der Waals surface area contributed by atoms with Crippen LogP contribution in [-0.4, -0.2) is 24.6 Å². The number of anilines is 1. The quantitative estimate of drug-likeness (QED) is 0.638. The summed E-state index contributed by atoms with van der Waals surface area (Å²) in [5, 5.41) is 4.22. The molecule has 0 bridgehead atoms. The lowest BCUT2D eigenvalue weighted by Crippen LogP contribution is -2.43. The smallest absolute Gasteiger partial charge is 0.150 e. The maximum absolute atomic E-state index is 4.22. The van der Waals surface area contributed by atoms with Gasteiger partial charge in [0.05, 0.1) is 11.9 Å². The Bertz CT molecular complexity index is 306. The molecule has 1 fully saturated rings. The van der Waals surface area contributed by atoms with Crippen molar-refractivity contribution in [2.24, 2.45) is 7.05 Å². The van der Waals surface area contributed by atoms with E-state index in [1.807, 2.05) is 17.9 Å². The van der Waals surface area contributed by atoms with Gasteiger partial charge in [-0.05, 0) is 12.5 Å². The molecule has 2 rings (SSSR count). The van der Waals surface area contributed by atoms with Gasteiger partial charge in [-0.15, -0.1) is 0 Å². The lowest BCUT2D eigenvalue weighted by Gasteiger charge is -2.30. The van der Waals surface area contributed by atoms with E-state index in [-0.39, 0.29) is 0 Å². The van der Waals surface area contributed by atoms with Crippen molar-refractivity contribution < 1.29 is 0 Å². The van der Waals surface area contributed by atoms with Gasteiger partial charge in [-0.3, -0.25) is 4.68 Å². The number of aryl methyl sites for hydroxylation is 1. The molecule has 4 heteroatoms. The predicted molar refractivity (Wildman–Crippen MR) is 57.5 cm³/mol. The van der Waals surface area contributed by atoms with Crippen LogP contribution in [0.4, 0.5) is 5.69 Å². The zero-order valence-corrected chi connectivity index (χ0v) is 9.62. The number of nitrogens with zero attached hydrogens (tertiary/aromatic N) is 3. The van der Waals surface area contributed by atoms with E-state index in [1.165, 1.54) is 24.7 Å². The van der Waals surface area contributed by atoms with Crippen LogP contribution in [0, 0.1) is 0 Å². The average Bonchev–Trinajstić information content (AvgIpc) is 2.56. The molecule has 2 heterocycles. The van der Waals surface area contributed by atoms with Gasteiger partial charge in [-0.25, -0.2) is 0 Å². The fraction of sp³-hybridized carbons (Fsp3) is 0.667. The summed E-state index contributed by atoms with van der Waals surface area (Å²) >= 11 is 0. The van der Waals surface area contributed by atoms with Gasteiger partial charge in [0.25, 0.3) is 0 Å². The standard InChI is InChI=1S/C9H17N3Si/c1-11-8-9(7-10-11)12-5-4-6-13(12,2)3/h7-8H,4-6H2,1-3H3. The number of aromatic nitrogens is 2. The summed E-state index contributed by atoms with van der Waals surface area (Å²) in [6.07, 6.45) is 5.47. The van der Waals surface area contributed by atoms with E-state index in [2.05, 4.69) is 29.0 Å². The van der Waals surface area contributed by atoms with Crippen molar-refractivity contribution in [3.8, 4) is 0 Å². The monoisotopic (exact) mass is 195 g/mol. The van der Waals surface area contributed by atoms with Crippen molar-refractivity contribution in [2.45, 2.75) is 25.6 Å². The van der Waals surface area contributed by atoms with Gasteiger partial charge >= 0.3 is 0 Å². The van der Waals surface area contributed by atoms with Crippen molar-refractivity contribution in [3.63, 3.8) is 0 Å². The van der Waals surface area contributed by atoms with Gasteiger partial charge < -0.3 is 4.57 Å². The molecule has 13 heavy (non-hydrogen) atoms. The number of hydrogen-bond acceptors (Lipinski definition) is 2. The van der Waals surface area contributed by atoms with Crippen molar-refractivity contribution in [3.05, 3.63) is 12.4 Å². The van der Waals surface area contributed by atoms with Gasteiger partial charge in [-0.2, -0.15) is 5.10 Å². The zero-order valence-electron chi connectivity index (χ0n) is 8.62. The first-order valence-corrected chi connectivity index (χ1v) is 8.01. The fourth-order valence-corrected chi connectivity index (χ4v) is 5.00. The Labute approximate surface area is 80.4 Å². The molecule has 0 aliphatic carbocycles. The second-order valence-corrected chi connectivity index (χ2v) is 9.10. The van der Waals surface area contributed by atoms with Crippen molar-refractivity contribution in [1.29, 1.82) is 0 Å². The maximum atomic E-state index is 4.22. The largest absolute Gasteiger partial charge is 0.395 e. The first-order valence-electron chi connectivity index (χ1n) is 4.86. The Hall–Kier alpha value is -0.773. The minimum absolute atomic E-state index is 1.12. The Kier molecular flexibility index (Phi) is 1.94.